The standard InChI is InChI=1S/C12H20N2O4/c1-8(2)5-9(15)6-11-13-12(14-18-11)10-7-16-3-4-17-10/h8-10,15H,3-7H2,1-2H3. The fraction of sp³-hybridized carbons (Fsp3) is 0.833. The van der Waals surface area contributed by atoms with Crippen LogP contribution >= 0.6 is 0 Å². The molecule has 0 aliphatic carbocycles. The van der Waals surface area contributed by atoms with Gasteiger partial charge in [0.25, 0.3) is 0 Å². The zero-order valence-electron chi connectivity index (χ0n) is 10.8. The van der Waals surface area contributed by atoms with E-state index in [-0.39, 0.29) is 6.10 Å². The third-order valence-electron chi connectivity index (χ3n) is 2.74. The minimum Gasteiger partial charge on any atom is -0.393 e. The van der Waals surface area contributed by atoms with Crippen LogP contribution in [0.2, 0.25) is 0 Å². The maximum Gasteiger partial charge on any atom is 0.229 e. The van der Waals surface area contributed by atoms with Gasteiger partial charge in [-0.05, 0) is 12.3 Å². The van der Waals surface area contributed by atoms with Crippen LogP contribution in [-0.4, -0.2) is 41.2 Å². The van der Waals surface area contributed by atoms with Crippen LogP contribution < -0.4 is 0 Å². The molecule has 6 heteroatoms. The second-order valence-corrected chi connectivity index (χ2v) is 4.97. The highest BCUT2D eigenvalue weighted by atomic mass is 16.6. The summed E-state index contributed by atoms with van der Waals surface area (Å²) in [5.41, 5.74) is 0. The fourth-order valence-electron chi connectivity index (χ4n) is 1.95. The van der Waals surface area contributed by atoms with E-state index >= 15 is 0 Å². The highest BCUT2D eigenvalue weighted by molar-refractivity contribution is 4.93. The van der Waals surface area contributed by atoms with Crippen molar-refractivity contribution in [1.82, 2.24) is 10.1 Å². The van der Waals surface area contributed by atoms with E-state index in [1.54, 1.807) is 0 Å². The maximum atomic E-state index is 9.81. The predicted octanol–water partition coefficient (Wildman–Crippen LogP) is 1.11. The van der Waals surface area contributed by atoms with Crippen molar-refractivity contribution in [2.75, 3.05) is 19.8 Å². The summed E-state index contributed by atoms with van der Waals surface area (Å²) >= 11 is 0. The van der Waals surface area contributed by atoms with Crippen molar-refractivity contribution in [2.24, 2.45) is 5.92 Å². The Labute approximate surface area is 106 Å². The molecule has 2 unspecified atom stereocenters. The molecule has 1 aliphatic rings. The van der Waals surface area contributed by atoms with Crippen molar-refractivity contribution in [3.63, 3.8) is 0 Å². The zero-order chi connectivity index (χ0) is 13.0. The molecule has 1 aromatic heterocycles. The number of nitrogens with zero attached hydrogens (tertiary/aromatic N) is 2. The van der Waals surface area contributed by atoms with E-state index in [4.69, 9.17) is 14.0 Å². The van der Waals surface area contributed by atoms with Gasteiger partial charge in [0.2, 0.25) is 11.7 Å². The molecule has 1 aliphatic heterocycles. The summed E-state index contributed by atoms with van der Waals surface area (Å²) in [4.78, 5) is 4.24. The molecule has 1 N–H and O–H groups in total. The number of hydrogen-bond acceptors (Lipinski definition) is 6. The summed E-state index contributed by atoms with van der Waals surface area (Å²) in [6.45, 7) is 5.73. The van der Waals surface area contributed by atoms with E-state index in [0.717, 1.165) is 6.42 Å². The highest BCUT2D eigenvalue weighted by Crippen LogP contribution is 2.18. The van der Waals surface area contributed by atoms with Crippen LogP contribution in [0.4, 0.5) is 0 Å². The largest absolute Gasteiger partial charge is 0.393 e. The number of ether oxygens (including phenoxy) is 2. The van der Waals surface area contributed by atoms with Gasteiger partial charge in [0.15, 0.2) is 0 Å². The summed E-state index contributed by atoms with van der Waals surface area (Å²) in [5.74, 6) is 1.39. The minimum atomic E-state index is -0.443. The Hall–Kier alpha value is -0.980. The first-order valence-corrected chi connectivity index (χ1v) is 6.35. The zero-order valence-corrected chi connectivity index (χ0v) is 10.8. The van der Waals surface area contributed by atoms with E-state index in [9.17, 15) is 5.11 Å². The van der Waals surface area contributed by atoms with Gasteiger partial charge in [-0.2, -0.15) is 4.98 Å². The molecule has 6 nitrogen and oxygen atoms in total. The monoisotopic (exact) mass is 256 g/mol. The molecule has 0 saturated carbocycles. The average molecular weight is 256 g/mol. The molecule has 1 fully saturated rings. The van der Waals surface area contributed by atoms with Crippen LogP contribution in [0.25, 0.3) is 0 Å². The van der Waals surface area contributed by atoms with Crippen molar-refractivity contribution in [3.8, 4) is 0 Å². The number of aliphatic hydroxyl groups excluding tert-OH is 1. The molecule has 2 atom stereocenters. The minimum absolute atomic E-state index is 0.251. The highest BCUT2D eigenvalue weighted by Gasteiger charge is 2.23. The maximum absolute atomic E-state index is 9.81. The van der Waals surface area contributed by atoms with Gasteiger partial charge in [0, 0.05) is 0 Å². The van der Waals surface area contributed by atoms with E-state index in [1.807, 2.05) is 0 Å². The normalized spacial score (nSPS) is 22.3. The summed E-state index contributed by atoms with van der Waals surface area (Å²) in [7, 11) is 0. The first-order valence-electron chi connectivity index (χ1n) is 6.35. The molecule has 102 valence electrons. The van der Waals surface area contributed by atoms with Gasteiger partial charge < -0.3 is 19.1 Å². The quantitative estimate of drug-likeness (QED) is 0.850. The van der Waals surface area contributed by atoms with Crippen molar-refractivity contribution in [1.29, 1.82) is 0 Å². The van der Waals surface area contributed by atoms with Gasteiger partial charge in [0.05, 0.1) is 32.3 Å². The van der Waals surface area contributed by atoms with Crippen molar-refractivity contribution < 1.29 is 19.1 Å². The van der Waals surface area contributed by atoms with Gasteiger partial charge in [-0.1, -0.05) is 19.0 Å². The topological polar surface area (TPSA) is 77.6 Å². The Morgan fingerprint density at radius 2 is 2.22 bits per heavy atom. The number of aromatic nitrogens is 2. The second-order valence-electron chi connectivity index (χ2n) is 4.97. The molecule has 0 radical (unpaired) electrons. The smallest absolute Gasteiger partial charge is 0.229 e. The van der Waals surface area contributed by atoms with E-state index in [2.05, 4.69) is 24.0 Å². The third kappa shape index (κ3) is 3.76. The van der Waals surface area contributed by atoms with Gasteiger partial charge in [0.1, 0.15) is 6.10 Å². The lowest BCUT2D eigenvalue weighted by atomic mass is 10.0. The lowest BCUT2D eigenvalue weighted by molar-refractivity contribution is -0.0941. The molecule has 0 amide bonds. The Kier molecular flexibility index (Phi) is 4.68. The van der Waals surface area contributed by atoms with Gasteiger partial charge in [-0.25, -0.2) is 0 Å². The molecule has 18 heavy (non-hydrogen) atoms. The number of hydrogen-bond donors (Lipinski definition) is 1. The van der Waals surface area contributed by atoms with E-state index in [0.29, 0.717) is 43.9 Å². The lowest BCUT2D eigenvalue weighted by Gasteiger charge is -2.19. The average Bonchev–Trinajstić information content (AvgIpc) is 2.77. The van der Waals surface area contributed by atoms with E-state index < -0.39 is 6.10 Å². The van der Waals surface area contributed by atoms with Gasteiger partial charge >= 0.3 is 0 Å². The first-order chi connectivity index (χ1) is 8.65. The Bertz CT molecular complexity index is 361. The fourth-order valence-corrected chi connectivity index (χ4v) is 1.95. The SMILES string of the molecule is CC(C)CC(O)Cc1nc(C2COCCO2)no1. The summed E-state index contributed by atoms with van der Waals surface area (Å²) in [6, 6.07) is 0. The Morgan fingerprint density at radius 3 is 2.89 bits per heavy atom. The van der Waals surface area contributed by atoms with Crippen molar-refractivity contribution in [2.45, 2.75) is 38.9 Å². The molecule has 0 bridgehead atoms. The van der Waals surface area contributed by atoms with Crippen LogP contribution in [0.3, 0.4) is 0 Å². The van der Waals surface area contributed by atoms with Crippen molar-refractivity contribution >= 4 is 0 Å². The molecule has 2 rings (SSSR count). The molecule has 1 aromatic rings. The molecular formula is C12H20N2O4. The second kappa shape index (κ2) is 6.26. The van der Waals surface area contributed by atoms with Gasteiger partial charge in [-0.15, -0.1) is 0 Å². The third-order valence-corrected chi connectivity index (χ3v) is 2.74. The summed E-state index contributed by atoms with van der Waals surface area (Å²) in [5, 5.41) is 13.7. The molecule has 0 spiro atoms. The van der Waals surface area contributed by atoms with Crippen LogP contribution in [0.15, 0.2) is 4.52 Å². The molecular weight excluding hydrogens is 236 g/mol. The Morgan fingerprint density at radius 1 is 1.39 bits per heavy atom. The molecule has 0 aromatic carbocycles. The Balaban J connectivity index is 1.89. The first kappa shape index (κ1) is 13.5. The molecule has 1 saturated heterocycles. The molecule has 2 heterocycles. The van der Waals surface area contributed by atoms with Crippen LogP contribution in [-0.2, 0) is 15.9 Å². The van der Waals surface area contributed by atoms with Crippen LogP contribution in [0, 0.1) is 5.92 Å². The lowest BCUT2D eigenvalue weighted by Crippen LogP contribution is -2.22. The number of rotatable bonds is 5. The van der Waals surface area contributed by atoms with Crippen LogP contribution in [0.5, 0.6) is 0 Å². The summed E-state index contributed by atoms with van der Waals surface area (Å²) in [6.07, 6.45) is 0.416. The van der Waals surface area contributed by atoms with Crippen molar-refractivity contribution in [3.05, 3.63) is 11.7 Å². The van der Waals surface area contributed by atoms with Gasteiger partial charge in [-0.3, -0.25) is 0 Å². The van der Waals surface area contributed by atoms with E-state index in [1.165, 1.54) is 0 Å². The predicted molar refractivity (Wildman–Crippen MR) is 63.0 cm³/mol. The number of aliphatic hydroxyl groups is 1. The summed E-state index contributed by atoms with van der Waals surface area (Å²) < 4.78 is 15.9. The van der Waals surface area contributed by atoms with Crippen LogP contribution in [0.1, 0.15) is 38.1 Å².